The molecular weight excluding hydrogens is 200 g/mol. The van der Waals surface area contributed by atoms with Crippen LogP contribution in [0.25, 0.3) is 0 Å². The standard InChI is InChI=1S/C10H10O3S/c1-10(2,13)6-5-7-3-4-8(14-7)9(11)12/h3-4,13H,1-2H3,(H,11,12). The van der Waals surface area contributed by atoms with Crippen LogP contribution in [0.15, 0.2) is 12.1 Å². The third kappa shape index (κ3) is 3.21. The Labute approximate surface area is 86.0 Å². The molecule has 0 unspecified atom stereocenters. The van der Waals surface area contributed by atoms with E-state index in [4.69, 9.17) is 5.11 Å². The fourth-order valence-electron chi connectivity index (χ4n) is 0.735. The molecule has 14 heavy (non-hydrogen) atoms. The Morgan fingerprint density at radius 3 is 2.57 bits per heavy atom. The molecule has 0 aromatic carbocycles. The molecule has 1 rings (SSSR count). The molecule has 1 aromatic rings. The van der Waals surface area contributed by atoms with Crippen LogP contribution in [0.2, 0.25) is 0 Å². The first kappa shape index (κ1) is 10.8. The molecule has 2 N–H and O–H groups in total. The summed E-state index contributed by atoms with van der Waals surface area (Å²) < 4.78 is 0. The van der Waals surface area contributed by atoms with Crippen molar-refractivity contribution >= 4 is 17.3 Å². The molecule has 1 aromatic heterocycles. The average Bonchev–Trinajstić information content (AvgIpc) is 2.47. The van der Waals surface area contributed by atoms with Gasteiger partial charge in [-0.25, -0.2) is 4.79 Å². The first-order valence-electron chi connectivity index (χ1n) is 3.97. The van der Waals surface area contributed by atoms with E-state index in [1.807, 2.05) is 0 Å². The zero-order valence-electron chi connectivity index (χ0n) is 7.87. The van der Waals surface area contributed by atoms with E-state index in [1.165, 1.54) is 6.07 Å². The van der Waals surface area contributed by atoms with E-state index in [1.54, 1.807) is 19.9 Å². The van der Waals surface area contributed by atoms with Crippen LogP contribution in [-0.2, 0) is 0 Å². The van der Waals surface area contributed by atoms with E-state index >= 15 is 0 Å². The molecule has 0 aliphatic heterocycles. The monoisotopic (exact) mass is 210 g/mol. The van der Waals surface area contributed by atoms with Gasteiger partial charge in [-0.1, -0.05) is 11.8 Å². The molecule has 0 bridgehead atoms. The Morgan fingerprint density at radius 1 is 1.50 bits per heavy atom. The molecule has 0 radical (unpaired) electrons. The molecular formula is C10H10O3S. The summed E-state index contributed by atoms with van der Waals surface area (Å²) in [5, 5.41) is 17.9. The van der Waals surface area contributed by atoms with Gasteiger partial charge in [0.1, 0.15) is 10.5 Å². The number of aliphatic hydroxyl groups is 1. The number of hydrogen-bond acceptors (Lipinski definition) is 3. The number of carboxylic acid groups (broad SMARTS) is 1. The Kier molecular flexibility index (Phi) is 2.94. The van der Waals surface area contributed by atoms with Gasteiger partial charge in [-0.05, 0) is 26.0 Å². The minimum atomic E-state index is -1.05. The van der Waals surface area contributed by atoms with Gasteiger partial charge in [0, 0.05) is 0 Å². The fraction of sp³-hybridized carbons (Fsp3) is 0.300. The Morgan fingerprint density at radius 2 is 2.14 bits per heavy atom. The maximum absolute atomic E-state index is 10.5. The lowest BCUT2D eigenvalue weighted by atomic mass is 10.1. The summed E-state index contributed by atoms with van der Waals surface area (Å²) in [6.45, 7) is 3.15. The summed E-state index contributed by atoms with van der Waals surface area (Å²) in [5.74, 6) is 4.38. The van der Waals surface area contributed by atoms with Crippen LogP contribution < -0.4 is 0 Å². The number of rotatable bonds is 1. The summed E-state index contributed by atoms with van der Waals surface area (Å²) in [7, 11) is 0. The second-order valence-electron chi connectivity index (χ2n) is 3.28. The maximum Gasteiger partial charge on any atom is 0.345 e. The highest BCUT2D eigenvalue weighted by molar-refractivity contribution is 7.14. The molecule has 1 heterocycles. The van der Waals surface area contributed by atoms with Crippen LogP contribution in [0.4, 0.5) is 0 Å². The molecule has 74 valence electrons. The van der Waals surface area contributed by atoms with Gasteiger partial charge in [0.2, 0.25) is 0 Å². The predicted octanol–water partition coefficient (Wildman–Crippen LogP) is 1.57. The van der Waals surface area contributed by atoms with Crippen molar-refractivity contribution in [1.29, 1.82) is 0 Å². The largest absolute Gasteiger partial charge is 0.477 e. The molecule has 0 fully saturated rings. The smallest absolute Gasteiger partial charge is 0.345 e. The van der Waals surface area contributed by atoms with Crippen molar-refractivity contribution in [3.05, 3.63) is 21.9 Å². The normalized spacial score (nSPS) is 10.5. The predicted molar refractivity (Wildman–Crippen MR) is 54.5 cm³/mol. The highest BCUT2D eigenvalue weighted by atomic mass is 32.1. The lowest BCUT2D eigenvalue weighted by Gasteiger charge is -2.05. The van der Waals surface area contributed by atoms with E-state index in [9.17, 15) is 9.90 Å². The second-order valence-corrected chi connectivity index (χ2v) is 4.36. The molecule has 4 heteroatoms. The van der Waals surface area contributed by atoms with Crippen molar-refractivity contribution in [2.75, 3.05) is 0 Å². The van der Waals surface area contributed by atoms with E-state index in [-0.39, 0.29) is 4.88 Å². The van der Waals surface area contributed by atoms with Gasteiger partial charge < -0.3 is 10.2 Å². The first-order chi connectivity index (χ1) is 6.38. The summed E-state index contributed by atoms with van der Waals surface area (Å²) in [6, 6.07) is 3.13. The van der Waals surface area contributed by atoms with Crippen LogP contribution in [0.3, 0.4) is 0 Å². The van der Waals surface area contributed by atoms with Gasteiger partial charge in [-0.15, -0.1) is 11.3 Å². The summed E-state index contributed by atoms with van der Waals surface area (Å²) in [5.41, 5.74) is -1.05. The molecule has 0 aliphatic rings. The maximum atomic E-state index is 10.5. The zero-order valence-corrected chi connectivity index (χ0v) is 8.68. The minimum absolute atomic E-state index is 0.255. The van der Waals surface area contributed by atoms with E-state index in [0.717, 1.165) is 11.3 Å². The quantitative estimate of drug-likeness (QED) is 0.692. The van der Waals surface area contributed by atoms with E-state index < -0.39 is 11.6 Å². The third-order valence-corrected chi connectivity index (χ3v) is 2.30. The summed E-state index contributed by atoms with van der Waals surface area (Å²) in [6.07, 6.45) is 0. The van der Waals surface area contributed by atoms with Gasteiger partial charge >= 0.3 is 5.97 Å². The van der Waals surface area contributed by atoms with Crippen LogP contribution in [-0.4, -0.2) is 21.8 Å². The highest BCUT2D eigenvalue weighted by Gasteiger charge is 2.08. The van der Waals surface area contributed by atoms with Crippen LogP contribution in [0.5, 0.6) is 0 Å². The van der Waals surface area contributed by atoms with Gasteiger partial charge in [0.05, 0.1) is 4.88 Å². The van der Waals surface area contributed by atoms with Crippen LogP contribution >= 0.6 is 11.3 Å². The third-order valence-electron chi connectivity index (χ3n) is 1.31. The van der Waals surface area contributed by atoms with Crippen molar-refractivity contribution in [2.24, 2.45) is 0 Å². The van der Waals surface area contributed by atoms with Crippen molar-refractivity contribution in [3.63, 3.8) is 0 Å². The molecule has 3 nitrogen and oxygen atoms in total. The molecule has 0 saturated heterocycles. The lowest BCUT2D eigenvalue weighted by Crippen LogP contribution is -2.14. The van der Waals surface area contributed by atoms with Crippen molar-refractivity contribution in [3.8, 4) is 11.8 Å². The van der Waals surface area contributed by atoms with Gasteiger partial charge in [0.25, 0.3) is 0 Å². The number of aromatic carboxylic acids is 1. The molecule has 0 amide bonds. The number of carboxylic acids is 1. The zero-order chi connectivity index (χ0) is 10.8. The first-order valence-corrected chi connectivity index (χ1v) is 4.79. The Hall–Kier alpha value is -1.31. The van der Waals surface area contributed by atoms with Gasteiger partial charge in [-0.3, -0.25) is 0 Å². The second kappa shape index (κ2) is 3.82. The average molecular weight is 210 g/mol. The van der Waals surface area contributed by atoms with Gasteiger partial charge in [0.15, 0.2) is 0 Å². The number of carbonyl (C=O) groups is 1. The van der Waals surface area contributed by atoms with Gasteiger partial charge in [-0.2, -0.15) is 0 Å². The van der Waals surface area contributed by atoms with Crippen molar-refractivity contribution < 1.29 is 15.0 Å². The highest BCUT2D eigenvalue weighted by Crippen LogP contribution is 2.15. The van der Waals surface area contributed by atoms with Crippen molar-refractivity contribution in [1.82, 2.24) is 0 Å². The van der Waals surface area contributed by atoms with E-state index in [0.29, 0.717) is 4.88 Å². The molecule has 0 spiro atoms. The van der Waals surface area contributed by atoms with Crippen molar-refractivity contribution in [2.45, 2.75) is 19.4 Å². The Bertz CT molecular complexity index is 401. The molecule has 0 saturated carbocycles. The number of hydrogen-bond donors (Lipinski definition) is 2. The van der Waals surface area contributed by atoms with Crippen LogP contribution in [0.1, 0.15) is 28.4 Å². The summed E-state index contributed by atoms with van der Waals surface area (Å²) in [4.78, 5) is 11.4. The summed E-state index contributed by atoms with van der Waals surface area (Å²) >= 11 is 1.10. The topological polar surface area (TPSA) is 57.5 Å². The minimum Gasteiger partial charge on any atom is -0.477 e. The molecule has 0 atom stereocenters. The molecule has 0 aliphatic carbocycles. The number of thiophene rings is 1. The lowest BCUT2D eigenvalue weighted by molar-refractivity contribution is 0.0702. The fourth-order valence-corrected chi connectivity index (χ4v) is 1.43. The van der Waals surface area contributed by atoms with Crippen LogP contribution in [0, 0.1) is 11.8 Å². The van der Waals surface area contributed by atoms with E-state index in [2.05, 4.69) is 11.8 Å². The SMILES string of the molecule is CC(C)(O)C#Cc1ccc(C(=O)O)s1. The Balaban J connectivity index is 2.87.